The molecule has 33 heavy (non-hydrogen) atoms. The molecule has 9 nitrogen and oxygen atoms in total. The second-order valence-electron chi connectivity index (χ2n) is 8.06. The number of hydrogen-bond donors (Lipinski definition) is 0. The number of hydrogen-bond acceptors (Lipinski definition) is 5. The van der Waals surface area contributed by atoms with Gasteiger partial charge in [-0.3, -0.25) is 4.79 Å². The smallest absolute Gasteiger partial charge is 0.254 e. The van der Waals surface area contributed by atoms with Crippen LogP contribution in [0.3, 0.4) is 0 Å². The van der Waals surface area contributed by atoms with Gasteiger partial charge in [-0.25, -0.2) is 9.36 Å². The van der Waals surface area contributed by atoms with Gasteiger partial charge in [-0.2, -0.15) is 5.10 Å². The first kappa shape index (κ1) is 19.2. The van der Waals surface area contributed by atoms with Crippen molar-refractivity contribution >= 4 is 5.91 Å². The second kappa shape index (κ2) is 7.56. The number of rotatable bonds is 4. The predicted molar refractivity (Wildman–Crippen MR) is 120 cm³/mol. The summed E-state index contributed by atoms with van der Waals surface area (Å²) >= 11 is 0. The van der Waals surface area contributed by atoms with E-state index >= 15 is 0 Å². The zero-order chi connectivity index (χ0) is 22.4. The molecule has 0 aliphatic carbocycles. The molecule has 0 atom stereocenters. The number of carbonyl (C=O) groups excluding carboxylic acids is 1. The molecule has 0 bridgehead atoms. The van der Waals surface area contributed by atoms with Crippen molar-refractivity contribution in [3.05, 3.63) is 102 Å². The topological polar surface area (TPSA) is 86.7 Å². The summed E-state index contributed by atoms with van der Waals surface area (Å²) in [5.41, 5.74) is 5.45. The summed E-state index contributed by atoms with van der Waals surface area (Å²) in [4.78, 5) is 15.2. The maximum atomic E-state index is 13.4. The van der Waals surface area contributed by atoms with Gasteiger partial charge in [0.1, 0.15) is 12.1 Å². The molecule has 1 aliphatic rings. The van der Waals surface area contributed by atoms with E-state index in [1.54, 1.807) is 6.07 Å². The van der Waals surface area contributed by atoms with E-state index in [0.717, 1.165) is 28.5 Å². The second-order valence-corrected chi connectivity index (χ2v) is 8.06. The Morgan fingerprint density at radius 2 is 1.76 bits per heavy atom. The van der Waals surface area contributed by atoms with Crippen LogP contribution in [0.15, 0.2) is 79.4 Å². The highest BCUT2D eigenvalue weighted by Crippen LogP contribution is 2.31. The summed E-state index contributed by atoms with van der Waals surface area (Å²) in [6.07, 6.45) is 5.51. The Morgan fingerprint density at radius 1 is 0.939 bits per heavy atom. The van der Waals surface area contributed by atoms with Gasteiger partial charge >= 0.3 is 0 Å². The number of tetrazole rings is 1. The van der Waals surface area contributed by atoms with Crippen molar-refractivity contribution in [3.8, 4) is 17.2 Å². The van der Waals surface area contributed by atoms with Crippen molar-refractivity contribution < 1.29 is 4.79 Å². The predicted octanol–water partition coefficient (Wildman–Crippen LogP) is 3.10. The minimum atomic E-state index is -0.0523. The molecule has 0 spiro atoms. The average Bonchev–Trinajstić information content (AvgIpc) is 3.63. The Labute approximate surface area is 189 Å². The van der Waals surface area contributed by atoms with Gasteiger partial charge in [0.05, 0.1) is 30.2 Å². The fraction of sp³-hybridized carbons (Fsp3) is 0.125. The van der Waals surface area contributed by atoms with Crippen LogP contribution >= 0.6 is 0 Å². The van der Waals surface area contributed by atoms with Crippen LogP contribution in [0.4, 0.5) is 0 Å². The first-order chi connectivity index (χ1) is 16.2. The number of aryl methyl sites for hydroxylation is 1. The summed E-state index contributed by atoms with van der Waals surface area (Å²) in [5.74, 6) is 0.904. The minimum Gasteiger partial charge on any atom is -0.328 e. The molecule has 0 radical (unpaired) electrons. The number of amides is 1. The van der Waals surface area contributed by atoms with Crippen molar-refractivity contribution in [2.24, 2.45) is 0 Å². The molecule has 0 saturated heterocycles. The van der Waals surface area contributed by atoms with E-state index in [1.165, 1.54) is 16.6 Å². The molecule has 0 saturated carbocycles. The lowest BCUT2D eigenvalue weighted by atomic mass is 10.1. The Kier molecular flexibility index (Phi) is 4.39. The highest BCUT2D eigenvalue weighted by molar-refractivity contribution is 5.95. The van der Waals surface area contributed by atoms with Crippen molar-refractivity contribution in [1.82, 2.24) is 39.5 Å². The lowest BCUT2D eigenvalue weighted by Gasteiger charge is -2.18. The van der Waals surface area contributed by atoms with E-state index in [9.17, 15) is 4.79 Å². The summed E-state index contributed by atoms with van der Waals surface area (Å²) in [5, 5.41) is 16.2. The number of carbonyl (C=O) groups is 1. The van der Waals surface area contributed by atoms with Crippen molar-refractivity contribution in [1.29, 1.82) is 0 Å². The molecule has 1 amide bonds. The maximum absolute atomic E-state index is 13.4. The maximum Gasteiger partial charge on any atom is 0.254 e. The number of benzene rings is 2. The zero-order valence-electron chi connectivity index (χ0n) is 17.9. The van der Waals surface area contributed by atoms with Crippen LogP contribution in [0.25, 0.3) is 17.2 Å². The average molecular weight is 436 g/mol. The fourth-order valence-electron chi connectivity index (χ4n) is 4.27. The van der Waals surface area contributed by atoms with Crippen LogP contribution in [-0.2, 0) is 13.1 Å². The highest BCUT2D eigenvalue weighted by atomic mass is 16.2. The molecular formula is C24H20N8O. The quantitative estimate of drug-likeness (QED) is 0.432. The van der Waals surface area contributed by atoms with Crippen LogP contribution in [0, 0.1) is 6.92 Å². The van der Waals surface area contributed by atoms with Crippen molar-refractivity contribution in [2.75, 3.05) is 0 Å². The van der Waals surface area contributed by atoms with Gasteiger partial charge in [-0.05, 0) is 65.4 Å². The molecule has 1 aliphatic heterocycles. The standard InChI is InChI=1S/C24H20N8O/c1-17-6-4-9-20(12-17)32-23(29-10-2-3-11-29)21-14-30(15-22(21)26-32)24(33)18-7-5-8-19(13-18)31-16-25-27-28-31/h2-13,16H,14-15H2,1H3. The van der Waals surface area contributed by atoms with E-state index in [2.05, 4.69) is 45.2 Å². The van der Waals surface area contributed by atoms with Gasteiger partial charge in [0, 0.05) is 23.5 Å². The lowest BCUT2D eigenvalue weighted by Crippen LogP contribution is -2.26. The lowest BCUT2D eigenvalue weighted by molar-refractivity contribution is 0.0749. The SMILES string of the molecule is Cc1cccc(-n2nc3c(c2-n2cccc2)CN(C(=O)c2cccc(-n4cnnn4)c2)C3)c1. The van der Waals surface area contributed by atoms with Gasteiger partial charge in [0.25, 0.3) is 5.91 Å². The van der Waals surface area contributed by atoms with Gasteiger partial charge in [-0.1, -0.05) is 18.2 Å². The van der Waals surface area contributed by atoms with E-state index in [4.69, 9.17) is 5.10 Å². The van der Waals surface area contributed by atoms with Crippen molar-refractivity contribution in [3.63, 3.8) is 0 Å². The Morgan fingerprint density at radius 3 is 2.55 bits per heavy atom. The van der Waals surface area contributed by atoms with E-state index in [0.29, 0.717) is 18.7 Å². The molecule has 6 rings (SSSR count). The highest BCUT2D eigenvalue weighted by Gasteiger charge is 2.32. The minimum absolute atomic E-state index is 0.0523. The zero-order valence-corrected chi connectivity index (χ0v) is 17.9. The van der Waals surface area contributed by atoms with Gasteiger partial charge in [0.15, 0.2) is 0 Å². The van der Waals surface area contributed by atoms with E-state index in [-0.39, 0.29) is 5.91 Å². The summed E-state index contributed by atoms with van der Waals surface area (Å²) in [6, 6.07) is 19.6. The molecule has 3 aromatic heterocycles. The molecule has 0 unspecified atom stereocenters. The third-order valence-electron chi connectivity index (χ3n) is 5.82. The first-order valence-electron chi connectivity index (χ1n) is 10.6. The van der Waals surface area contributed by atoms with Gasteiger partial charge < -0.3 is 9.47 Å². The number of nitrogens with zero attached hydrogens (tertiary/aromatic N) is 8. The third kappa shape index (κ3) is 3.30. The van der Waals surface area contributed by atoms with Crippen LogP contribution in [-0.4, -0.2) is 45.4 Å². The Balaban J connectivity index is 1.35. The monoisotopic (exact) mass is 436 g/mol. The Bertz CT molecular complexity index is 1450. The Hall–Kier alpha value is -4.53. The molecule has 0 fully saturated rings. The molecule has 2 aromatic carbocycles. The third-order valence-corrected chi connectivity index (χ3v) is 5.82. The molecule has 0 N–H and O–H groups in total. The molecule has 9 heteroatoms. The van der Waals surface area contributed by atoms with Gasteiger partial charge in [-0.15, -0.1) is 5.10 Å². The summed E-state index contributed by atoms with van der Waals surface area (Å²) < 4.78 is 5.56. The van der Waals surface area contributed by atoms with Crippen molar-refractivity contribution in [2.45, 2.75) is 20.0 Å². The normalized spacial score (nSPS) is 12.8. The van der Waals surface area contributed by atoms with Crippen LogP contribution in [0.5, 0.6) is 0 Å². The largest absolute Gasteiger partial charge is 0.328 e. The van der Waals surface area contributed by atoms with Crippen LogP contribution in [0.2, 0.25) is 0 Å². The molecule has 5 aromatic rings. The first-order valence-corrected chi connectivity index (χ1v) is 10.6. The van der Waals surface area contributed by atoms with Crippen LogP contribution in [0.1, 0.15) is 27.2 Å². The summed E-state index contributed by atoms with van der Waals surface area (Å²) in [6.45, 7) is 3.01. The van der Waals surface area contributed by atoms with E-state index < -0.39 is 0 Å². The number of aromatic nitrogens is 7. The summed E-state index contributed by atoms with van der Waals surface area (Å²) in [7, 11) is 0. The van der Waals surface area contributed by atoms with Gasteiger partial charge in [0.2, 0.25) is 0 Å². The molecular weight excluding hydrogens is 416 g/mol. The number of fused-ring (bicyclic) bond motifs is 1. The fourth-order valence-corrected chi connectivity index (χ4v) is 4.27. The molecule has 4 heterocycles. The van der Waals surface area contributed by atoms with Crippen LogP contribution < -0.4 is 0 Å². The van der Waals surface area contributed by atoms with E-state index in [1.807, 2.05) is 58.4 Å². The molecule has 162 valence electrons.